The molecular formula is C18H23NO. The number of rotatable bonds is 3. The highest BCUT2D eigenvalue weighted by molar-refractivity contribution is 5.58. The van der Waals surface area contributed by atoms with Gasteiger partial charge in [-0.2, -0.15) is 0 Å². The molecule has 1 heterocycles. The Morgan fingerprint density at radius 1 is 1.10 bits per heavy atom. The molecule has 106 valence electrons. The molecule has 0 radical (unpaired) electrons. The Balaban J connectivity index is 1.82. The van der Waals surface area contributed by atoms with Crippen molar-refractivity contribution in [1.29, 1.82) is 0 Å². The van der Waals surface area contributed by atoms with E-state index < -0.39 is 0 Å². The molecule has 1 fully saturated rings. The van der Waals surface area contributed by atoms with Crippen molar-refractivity contribution in [3.8, 4) is 11.5 Å². The maximum atomic E-state index is 5.91. The zero-order valence-corrected chi connectivity index (χ0v) is 12.5. The Morgan fingerprint density at radius 2 is 1.85 bits per heavy atom. The standard InChI is InChI=1S/C18H23NO/c1-13-8-6-7-11-16(13)18-19-17(14(2)20-18)12-15-9-4-3-5-10-15/h6-8,11,15H,3-5,9-10,12H2,1-2H3. The maximum Gasteiger partial charge on any atom is 0.226 e. The van der Waals surface area contributed by atoms with Crippen LogP contribution in [0.3, 0.4) is 0 Å². The van der Waals surface area contributed by atoms with Crippen LogP contribution < -0.4 is 0 Å². The summed E-state index contributed by atoms with van der Waals surface area (Å²) in [7, 11) is 0. The third-order valence-corrected chi connectivity index (χ3v) is 4.47. The molecule has 3 rings (SSSR count). The van der Waals surface area contributed by atoms with Crippen molar-refractivity contribution in [3.63, 3.8) is 0 Å². The van der Waals surface area contributed by atoms with Crippen molar-refractivity contribution in [2.24, 2.45) is 5.92 Å². The zero-order chi connectivity index (χ0) is 13.9. The number of aromatic nitrogens is 1. The highest BCUT2D eigenvalue weighted by Gasteiger charge is 2.19. The van der Waals surface area contributed by atoms with Crippen LogP contribution in [0.25, 0.3) is 11.5 Å². The molecule has 0 unspecified atom stereocenters. The van der Waals surface area contributed by atoms with E-state index in [0.29, 0.717) is 0 Å². The SMILES string of the molecule is Cc1ccccc1-c1nc(CC2CCCCC2)c(C)o1. The number of hydrogen-bond acceptors (Lipinski definition) is 2. The molecule has 0 amide bonds. The van der Waals surface area contributed by atoms with Gasteiger partial charge in [0.15, 0.2) is 0 Å². The first kappa shape index (κ1) is 13.4. The summed E-state index contributed by atoms with van der Waals surface area (Å²) in [4.78, 5) is 4.77. The minimum absolute atomic E-state index is 0.784. The summed E-state index contributed by atoms with van der Waals surface area (Å²) in [6, 6.07) is 8.29. The van der Waals surface area contributed by atoms with E-state index in [0.717, 1.165) is 35.2 Å². The lowest BCUT2D eigenvalue weighted by atomic mass is 9.86. The van der Waals surface area contributed by atoms with Gasteiger partial charge in [0.2, 0.25) is 5.89 Å². The lowest BCUT2D eigenvalue weighted by molar-refractivity contribution is 0.353. The fourth-order valence-corrected chi connectivity index (χ4v) is 3.21. The van der Waals surface area contributed by atoms with Crippen LogP contribution >= 0.6 is 0 Å². The van der Waals surface area contributed by atoms with E-state index in [1.54, 1.807) is 0 Å². The van der Waals surface area contributed by atoms with E-state index in [-0.39, 0.29) is 0 Å². The van der Waals surface area contributed by atoms with E-state index in [9.17, 15) is 0 Å². The smallest absolute Gasteiger partial charge is 0.226 e. The molecule has 2 aromatic rings. The molecule has 0 N–H and O–H groups in total. The Bertz CT molecular complexity index is 579. The normalized spacial score (nSPS) is 16.5. The molecule has 1 aliphatic rings. The summed E-state index contributed by atoms with van der Waals surface area (Å²) >= 11 is 0. The topological polar surface area (TPSA) is 26.0 Å². The van der Waals surface area contributed by atoms with Gasteiger partial charge in [-0.3, -0.25) is 0 Å². The zero-order valence-electron chi connectivity index (χ0n) is 12.5. The molecule has 20 heavy (non-hydrogen) atoms. The Hall–Kier alpha value is -1.57. The van der Waals surface area contributed by atoms with Crippen molar-refractivity contribution >= 4 is 0 Å². The van der Waals surface area contributed by atoms with Crippen LogP contribution in [0.4, 0.5) is 0 Å². The molecule has 1 aromatic heterocycles. The second kappa shape index (κ2) is 5.82. The average molecular weight is 269 g/mol. The van der Waals surface area contributed by atoms with Gasteiger partial charge < -0.3 is 4.42 Å². The van der Waals surface area contributed by atoms with E-state index >= 15 is 0 Å². The van der Waals surface area contributed by atoms with Crippen LogP contribution in [0.1, 0.15) is 49.1 Å². The number of hydrogen-bond donors (Lipinski definition) is 0. The number of nitrogens with zero attached hydrogens (tertiary/aromatic N) is 1. The van der Waals surface area contributed by atoms with Crippen LogP contribution in [0.5, 0.6) is 0 Å². The molecule has 0 spiro atoms. The summed E-state index contributed by atoms with van der Waals surface area (Å²) < 4.78 is 5.91. The largest absolute Gasteiger partial charge is 0.441 e. The van der Waals surface area contributed by atoms with Crippen LogP contribution in [0.2, 0.25) is 0 Å². The molecular weight excluding hydrogens is 246 g/mol. The first-order chi connectivity index (χ1) is 9.74. The van der Waals surface area contributed by atoms with Crippen molar-refractivity contribution in [2.45, 2.75) is 52.4 Å². The molecule has 0 aliphatic heterocycles. The fourth-order valence-electron chi connectivity index (χ4n) is 3.21. The van der Waals surface area contributed by atoms with Gasteiger partial charge in [-0.25, -0.2) is 4.98 Å². The summed E-state index contributed by atoms with van der Waals surface area (Å²) in [5, 5.41) is 0. The van der Waals surface area contributed by atoms with Gasteiger partial charge in [-0.05, 0) is 37.8 Å². The lowest BCUT2D eigenvalue weighted by Crippen LogP contribution is -2.10. The summed E-state index contributed by atoms with van der Waals surface area (Å²) in [5.41, 5.74) is 3.50. The minimum Gasteiger partial charge on any atom is -0.441 e. The Morgan fingerprint density at radius 3 is 2.60 bits per heavy atom. The number of benzene rings is 1. The van der Waals surface area contributed by atoms with Crippen LogP contribution in [0, 0.1) is 19.8 Å². The van der Waals surface area contributed by atoms with Crippen molar-refractivity contribution in [3.05, 3.63) is 41.3 Å². The van der Waals surface area contributed by atoms with Gasteiger partial charge in [0.1, 0.15) is 5.76 Å². The van der Waals surface area contributed by atoms with Gasteiger partial charge in [0, 0.05) is 5.56 Å². The van der Waals surface area contributed by atoms with Crippen LogP contribution in [-0.2, 0) is 6.42 Å². The molecule has 0 saturated heterocycles. The number of aryl methyl sites for hydroxylation is 2. The van der Waals surface area contributed by atoms with Crippen LogP contribution in [0.15, 0.2) is 28.7 Å². The molecule has 2 nitrogen and oxygen atoms in total. The molecule has 1 aliphatic carbocycles. The van der Waals surface area contributed by atoms with Gasteiger partial charge in [0.05, 0.1) is 5.69 Å². The average Bonchev–Trinajstić information content (AvgIpc) is 2.81. The second-order valence-corrected chi connectivity index (χ2v) is 6.04. The predicted molar refractivity (Wildman–Crippen MR) is 81.7 cm³/mol. The quantitative estimate of drug-likeness (QED) is 0.776. The highest BCUT2D eigenvalue weighted by atomic mass is 16.4. The van der Waals surface area contributed by atoms with E-state index in [1.807, 2.05) is 13.0 Å². The first-order valence-electron chi connectivity index (χ1n) is 7.76. The predicted octanol–water partition coefficient (Wildman–Crippen LogP) is 5.08. The maximum absolute atomic E-state index is 5.91. The second-order valence-electron chi connectivity index (χ2n) is 6.04. The van der Waals surface area contributed by atoms with Gasteiger partial charge >= 0.3 is 0 Å². The van der Waals surface area contributed by atoms with Crippen molar-refractivity contribution in [2.75, 3.05) is 0 Å². The highest BCUT2D eigenvalue weighted by Crippen LogP contribution is 2.30. The summed E-state index contributed by atoms with van der Waals surface area (Å²) in [6.07, 6.45) is 7.96. The Kier molecular flexibility index (Phi) is 3.90. The molecule has 1 saturated carbocycles. The molecule has 2 heteroatoms. The third-order valence-electron chi connectivity index (χ3n) is 4.47. The van der Waals surface area contributed by atoms with E-state index in [1.165, 1.54) is 37.7 Å². The molecule has 1 aromatic carbocycles. The van der Waals surface area contributed by atoms with Crippen LogP contribution in [-0.4, -0.2) is 4.98 Å². The van der Waals surface area contributed by atoms with Crippen molar-refractivity contribution < 1.29 is 4.42 Å². The monoisotopic (exact) mass is 269 g/mol. The van der Waals surface area contributed by atoms with E-state index in [4.69, 9.17) is 9.40 Å². The van der Waals surface area contributed by atoms with Crippen molar-refractivity contribution in [1.82, 2.24) is 4.98 Å². The molecule has 0 bridgehead atoms. The van der Waals surface area contributed by atoms with E-state index in [2.05, 4.69) is 25.1 Å². The number of oxazole rings is 1. The lowest BCUT2D eigenvalue weighted by Gasteiger charge is -2.20. The fraction of sp³-hybridized carbons (Fsp3) is 0.500. The van der Waals surface area contributed by atoms with Gasteiger partial charge in [-0.15, -0.1) is 0 Å². The Labute approximate surface area is 121 Å². The third kappa shape index (κ3) is 2.79. The van der Waals surface area contributed by atoms with Gasteiger partial charge in [0.25, 0.3) is 0 Å². The molecule has 0 atom stereocenters. The summed E-state index contributed by atoms with van der Waals surface area (Å²) in [6.45, 7) is 4.16. The van der Waals surface area contributed by atoms with Gasteiger partial charge in [-0.1, -0.05) is 50.3 Å². The summed E-state index contributed by atoms with van der Waals surface area (Å²) in [5.74, 6) is 2.58. The minimum atomic E-state index is 0.784. The first-order valence-corrected chi connectivity index (χ1v) is 7.76.